The third kappa shape index (κ3) is 5.81. The monoisotopic (exact) mass is 448 g/mol. The molecule has 0 aliphatic carbocycles. The van der Waals surface area contributed by atoms with Crippen LogP contribution >= 0.6 is 0 Å². The number of carbonyl (C=O) groups is 2. The van der Waals surface area contributed by atoms with Crippen molar-refractivity contribution in [3.63, 3.8) is 0 Å². The summed E-state index contributed by atoms with van der Waals surface area (Å²) in [5.41, 5.74) is 4.54. The largest absolute Gasteiger partial charge is 0.376 e. The van der Waals surface area contributed by atoms with Gasteiger partial charge in [0.15, 0.2) is 0 Å². The number of nitrogens with one attached hydrogen (secondary N) is 1. The van der Waals surface area contributed by atoms with Crippen LogP contribution in [0.5, 0.6) is 0 Å². The molecule has 1 saturated heterocycles. The lowest BCUT2D eigenvalue weighted by atomic mass is 10.1. The maximum absolute atomic E-state index is 13.2. The molecule has 9 heteroatoms. The zero-order valence-electron chi connectivity index (χ0n) is 18.9. The van der Waals surface area contributed by atoms with E-state index in [1.165, 1.54) is 6.33 Å². The first kappa shape index (κ1) is 22.6. The molecular formula is C24H28N6O3. The lowest BCUT2D eigenvalue weighted by molar-refractivity contribution is -0.135. The molecule has 1 fully saturated rings. The lowest BCUT2D eigenvalue weighted by Crippen LogP contribution is -2.43. The predicted molar refractivity (Wildman–Crippen MR) is 123 cm³/mol. The Hall–Kier alpha value is -3.59. The molecule has 9 nitrogen and oxygen atoms in total. The molecule has 1 aliphatic rings. The van der Waals surface area contributed by atoms with Gasteiger partial charge in [0.05, 0.1) is 24.8 Å². The topological polar surface area (TPSA) is 102 Å². The van der Waals surface area contributed by atoms with E-state index in [4.69, 9.17) is 4.74 Å². The summed E-state index contributed by atoms with van der Waals surface area (Å²) in [6.07, 6.45) is 3.53. The van der Waals surface area contributed by atoms with E-state index in [0.29, 0.717) is 13.2 Å². The number of carbonyl (C=O) groups excluding carboxylic acids is 2. The first-order valence-corrected chi connectivity index (χ1v) is 11.1. The van der Waals surface area contributed by atoms with Crippen LogP contribution in [0.4, 0.5) is 5.69 Å². The Morgan fingerprint density at radius 3 is 2.70 bits per heavy atom. The number of aromatic nitrogens is 4. The summed E-state index contributed by atoms with van der Waals surface area (Å²) < 4.78 is 7.28. The maximum Gasteiger partial charge on any atom is 0.244 e. The van der Waals surface area contributed by atoms with Crippen molar-refractivity contribution in [3.8, 4) is 5.69 Å². The van der Waals surface area contributed by atoms with Gasteiger partial charge in [-0.05, 0) is 72.0 Å². The molecule has 4 rings (SSSR count). The molecular weight excluding hydrogens is 420 g/mol. The molecule has 2 aromatic carbocycles. The van der Waals surface area contributed by atoms with Crippen molar-refractivity contribution in [1.82, 2.24) is 25.1 Å². The van der Waals surface area contributed by atoms with Gasteiger partial charge in [-0.3, -0.25) is 9.59 Å². The highest BCUT2D eigenvalue weighted by molar-refractivity contribution is 5.95. The number of anilines is 1. The number of amides is 2. The normalized spacial score (nSPS) is 15.4. The number of benzene rings is 2. The van der Waals surface area contributed by atoms with Crippen LogP contribution in [-0.2, 0) is 20.7 Å². The van der Waals surface area contributed by atoms with Gasteiger partial charge in [-0.25, -0.2) is 4.68 Å². The van der Waals surface area contributed by atoms with Crippen LogP contribution in [-0.4, -0.2) is 62.7 Å². The van der Waals surface area contributed by atoms with E-state index in [0.717, 1.165) is 40.9 Å². The average molecular weight is 449 g/mol. The van der Waals surface area contributed by atoms with Gasteiger partial charge in [0.2, 0.25) is 11.8 Å². The summed E-state index contributed by atoms with van der Waals surface area (Å²) in [7, 11) is 0. The van der Waals surface area contributed by atoms with Gasteiger partial charge >= 0.3 is 0 Å². The fraction of sp³-hybridized carbons (Fsp3) is 0.375. The molecule has 1 aromatic heterocycles. The zero-order chi connectivity index (χ0) is 23.2. The van der Waals surface area contributed by atoms with Crippen LogP contribution in [0.15, 0.2) is 48.8 Å². The maximum atomic E-state index is 13.2. The van der Waals surface area contributed by atoms with E-state index in [1.54, 1.807) is 9.58 Å². The summed E-state index contributed by atoms with van der Waals surface area (Å²) in [6.45, 7) is 5.05. The standard InChI is InChI=1S/C24H28N6O3/c1-17-5-3-7-22(18(17)2)26-23(31)15-29(14-21-6-4-12-33-21)24(32)13-19-8-10-20(11-9-19)30-16-25-27-28-30/h3,5,7-11,16,21H,4,6,12-15H2,1-2H3,(H,26,31). The fourth-order valence-corrected chi connectivity index (χ4v) is 3.87. The predicted octanol–water partition coefficient (Wildman–Crippen LogP) is 2.47. The van der Waals surface area contributed by atoms with Crippen LogP contribution < -0.4 is 5.32 Å². The van der Waals surface area contributed by atoms with Crippen molar-refractivity contribution in [1.29, 1.82) is 0 Å². The van der Waals surface area contributed by atoms with Crippen LogP contribution in [0.25, 0.3) is 5.69 Å². The highest BCUT2D eigenvalue weighted by Gasteiger charge is 2.24. The first-order valence-electron chi connectivity index (χ1n) is 11.1. The number of aryl methyl sites for hydroxylation is 1. The van der Waals surface area contributed by atoms with E-state index < -0.39 is 0 Å². The van der Waals surface area contributed by atoms with E-state index in [9.17, 15) is 9.59 Å². The van der Waals surface area contributed by atoms with E-state index >= 15 is 0 Å². The van der Waals surface area contributed by atoms with E-state index in [1.807, 2.05) is 56.3 Å². The number of hydrogen-bond acceptors (Lipinski definition) is 6. The molecule has 0 bridgehead atoms. The molecule has 1 unspecified atom stereocenters. The Morgan fingerprint density at radius 1 is 1.18 bits per heavy atom. The van der Waals surface area contributed by atoms with Gasteiger partial charge in [-0.15, -0.1) is 5.10 Å². The van der Waals surface area contributed by atoms with Crippen LogP contribution in [0.2, 0.25) is 0 Å². The molecule has 33 heavy (non-hydrogen) atoms. The Balaban J connectivity index is 1.43. The summed E-state index contributed by atoms with van der Waals surface area (Å²) in [5.74, 6) is -0.333. The second kappa shape index (κ2) is 10.4. The molecule has 2 amide bonds. The minimum absolute atomic E-state index is 0.0191. The Labute approximate surface area is 192 Å². The van der Waals surface area contributed by atoms with Gasteiger partial charge < -0.3 is 15.0 Å². The number of ether oxygens (including phenoxy) is 1. The zero-order valence-corrected chi connectivity index (χ0v) is 18.9. The number of rotatable bonds is 8. The first-order chi connectivity index (χ1) is 16.0. The van der Waals surface area contributed by atoms with Gasteiger partial charge in [-0.2, -0.15) is 0 Å². The Bertz CT molecular complexity index is 1090. The van der Waals surface area contributed by atoms with Crippen molar-refractivity contribution in [3.05, 3.63) is 65.5 Å². The quantitative estimate of drug-likeness (QED) is 0.568. The smallest absolute Gasteiger partial charge is 0.244 e. The SMILES string of the molecule is Cc1cccc(NC(=O)CN(CC2CCCO2)C(=O)Cc2ccc(-n3cnnn3)cc2)c1C. The number of tetrazole rings is 1. The van der Waals surface area contributed by atoms with Gasteiger partial charge in [-0.1, -0.05) is 24.3 Å². The minimum Gasteiger partial charge on any atom is -0.376 e. The highest BCUT2D eigenvalue weighted by atomic mass is 16.5. The summed E-state index contributed by atoms with van der Waals surface area (Å²) in [4.78, 5) is 27.6. The van der Waals surface area contributed by atoms with Crippen molar-refractivity contribution in [2.75, 3.05) is 25.0 Å². The van der Waals surface area contributed by atoms with Crippen molar-refractivity contribution in [2.45, 2.75) is 39.2 Å². The van der Waals surface area contributed by atoms with Crippen molar-refractivity contribution >= 4 is 17.5 Å². The fourth-order valence-electron chi connectivity index (χ4n) is 3.87. The van der Waals surface area contributed by atoms with Crippen molar-refractivity contribution in [2.24, 2.45) is 0 Å². The summed E-state index contributed by atoms with van der Waals surface area (Å²) >= 11 is 0. The molecule has 0 spiro atoms. The minimum atomic E-state index is -0.218. The van der Waals surface area contributed by atoms with Crippen LogP contribution in [0.3, 0.4) is 0 Å². The van der Waals surface area contributed by atoms with E-state index in [-0.39, 0.29) is 30.9 Å². The lowest BCUT2D eigenvalue weighted by Gasteiger charge is -2.25. The number of nitrogens with zero attached hydrogens (tertiary/aromatic N) is 5. The van der Waals surface area contributed by atoms with Gasteiger partial charge in [0, 0.05) is 18.8 Å². The molecule has 3 aromatic rings. The third-order valence-electron chi connectivity index (χ3n) is 5.92. The molecule has 1 aliphatic heterocycles. The summed E-state index contributed by atoms with van der Waals surface area (Å²) in [5, 5.41) is 14.1. The summed E-state index contributed by atoms with van der Waals surface area (Å²) in [6, 6.07) is 13.2. The third-order valence-corrected chi connectivity index (χ3v) is 5.92. The average Bonchev–Trinajstić information content (AvgIpc) is 3.51. The van der Waals surface area contributed by atoms with E-state index in [2.05, 4.69) is 20.8 Å². The van der Waals surface area contributed by atoms with Gasteiger partial charge in [0.25, 0.3) is 0 Å². The Morgan fingerprint density at radius 2 is 2.00 bits per heavy atom. The van der Waals surface area contributed by atoms with Gasteiger partial charge in [0.1, 0.15) is 6.33 Å². The highest BCUT2D eigenvalue weighted by Crippen LogP contribution is 2.19. The second-order valence-electron chi connectivity index (χ2n) is 8.30. The van der Waals surface area contributed by atoms with Crippen LogP contribution in [0, 0.1) is 13.8 Å². The molecule has 0 saturated carbocycles. The molecule has 0 radical (unpaired) electrons. The number of hydrogen-bond donors (Lipinski definition) is 1. The molecule has 172 valence electrons. The molecule has 1 atom stereocenters. The van der Waals surface area contributed by atoms with Crippen LogP contribution in [0.1, 0.15) is 29.5 Å². The van der Waals surface area contributed by atoms with Crippen molar-refractivity contribution < 1.29 is 14.3 Å². The second-order valence-corrected chi connectivity index (χ2v) is 8.30. The molecule has 1 N–H and O–H groups in total. The Kier molecular flexibility index (Phi) is 7.09. The molecule has 2 heterocycles.